The molecular formula is C21H35IN4O3. The fourth-order valence-electron chi connectivity index (χ4n) is 3.07. The molecular weight excluding hydrogens is 483 g/mol. The second-order valence-electron chi connectivity index (χ2n) is 7.85. The van der Waals surface area contributed by atoms with Gasteiger partial charge in [0, 0.05) is 38.3 Å². The molecule has 0 bridgehead atoms. The SMILES string of the molecule is CCOC(=O)N1CCC(NC(=NC)NCc2ccccc2OC(C)(C)C)CC1.I. The van der Waals surface area contributed by atoms with Gasteiger partial charge >= 0.3 is 6.09 Å². The molecule has 1 saturated heterocycles. The summed E-state index contributed by atoms with van der Waals surface area (Å²) in [6, 6.07) is 8.31. The van der Waals surface area contributed by atoms with Crippen molar-refractivity contribution in [2.75, 3.05) is 26.7 Å². The number of amides is 1. The van der Waals surface area contributed by atoms with E-state index in [-0.39, 0.29) is 41.7 Å². The highest BCUT2D eigenvalue weighted by Gasteiger charge is 2.24. The summed E-state index contributed by atoms with van der Waals surface area (Å²) in [4.78, 5) is 17.9. The van der Waals surface area contributed by atoms with Gasteiger partial charge in [0.25, 0.3) is 0 Å². The van der Waals surface area contributed by atoms with E-state index in [1.165, 1.54) is 0 Å². The monoisotopic (exact) mass is 518 g/mol. The number of ether oxygens (including phenoxy) is 2. The van der Waals surface area contributed by atoms with Crippen molar-refractivity contribution in [3.63, 3.8) is 0 Å². The Labute approximate surface area is 191 Å². The van der Waals surface area contributed by atoms with Gasteiger partial charge in [0.2, 0.25) is 0 Å². The van der Waals surface area contributed by atoms with Crippen molar-refractivity contribution in [3.8, 4) is 5.75 Å². The van der Waals surface area contributed by atoms with Gasteiger partial charge in [-0.15, -0.1) is 24.0 Å². The highest BCUT2D eigenvalue weighted by Crippen LogP contribution is 2.22. The molecule has 1 aliphatic rings. The number of piperidine rings is 1. The number of nitrogens with one attached hydrogen (secondary N) is 2. The molecule has 0 saturated carbocycles. The number of carbonyl (C=O) groups is 1. The molecule has 0 atom stereocenters. The summed E-state index contributed by atoms with van der Waals surface area (Å²) in [5.74, 6) is 1.63. The zero-order valence-corrected chi connectivity index (χ0v) is 20.5. The topological polar surface area (TPSA) is 75.2 Å². The molecule has 1 aliphatic heterocycles. The maximum absolute atomic E-state index is 11.8. The molecule has 1 fully saturated rings. The highest BCUT2D eigenvalue weighted by molar-refractivity contribution is 14.0. The lowest BCUT2D eigenvalue weighted by atomic mass is 10.1. The maximum atomic E-state index is 11.8. The third kappa shape index (κ3) is 8.67. The Balaban J connectivity index is 0.00000420. The van der Waals surface area contributed by atoms with Gasteiger partial charge in [0.15, 0.2) is 5.96 Å². The van der Waals surface area contributed by atoms with Crippen LogP contribution in [0.3, 0.4) is 0 Å². The Morgan fingerprint density at radius 3 is 2.48 bits per heavy atom. The lowest BCUT2D eigenvalue weighted by molar-refractivity contribution is 0.0963. The largest absolute Gasteiger partial charge is 0.488 e. The Morgan fingerprint density at radius 2 is 1.90 bits per heavy atom. The van der Waals surface area contributed by atoms with Crippen LogP contribution in [0, 0.1) is 0 Å². The van der Waals surface area contributed by atoms with E-state index in [9.17, 15) is 4.79 Å². The third-order valence-electron chi connectivity index (χ3n) is 4.42. The summed E-state index contributed by atoms with van der Waals surface area (Å²) in [5, 5.41) is 6.82. The van der Waals surface area contributed by atoms with Crippen LogP contribution in [-0.2, 0) is 11.3 Å². The van der Waals surface area contributed by atoms with Crippen LogP contribution in [0.1, 0.15) is 46.1 Å². The summed E-state index contributed by atoms with van der Waals surface area (Å²) in [6.07, 6.45) is 1.51. The van der Waals surface area contributed by atoms with E-state index in [1.54, 1.807) is 11.9 Å². The molecule has 0 aromatic heterocycles. The minimum atomic E-state index is -0.247. The van der Waals surface area contributed by atoms with Crippen LogP contribution in [0.15, 0.2) is 29.3 Å². The van der Waals surface area contributed by atoms with E-state index >= 15 is 0 Å². The van der Waals surface area contributed by atoms with Crippen molar-refractivity contribution in [3.05, 3.63) is 29.8 Å². The fourth-order valence-corrected chi connectivity index (χ4v) is 3.07. The van der Waals surface area contributed by atoms with Gasteiger partial charge in [-0.25, -0.2) is 4.79 Å². The molecule has 0 radical (unpaired) electrons. The Bertz CT molecular complexity index is 668. The maximum Gasteiger partial charge on any atom is 0.409 e. The van der Waals surface area contributed by atoms with Crippen LogP contribution >= 0.6 is 24.0 Å². The van der Waals surface area contributed by atoms with E-state index in [1.807, 2.05) is 45.9 Å². The zero-order valence-electron chi connectivity index (χ0n) is 18.2. The average molecular weight is 518 g/mol. The molecule has 7 nitrogen and oxygen atoms in total. The van der Waals surface area contributed by atoms with Gasteiger partial charge in [0.05, 0.1) is 6.61 Å². The van der Waals surface area contributed by atoms with Gasteiger partial charge in [-0.2, -0.15) is 0 Å². The molecule has 8 heteroatoms. The van der Waals surface area contributed by atoms with Gasteiger partial charge in [-0.05, 0) is 46.6 Å². The average Bonchev–Trinajstić information content (AvgIpc) is 2.65. The fraction of sp³-hybridized carbons (Fsp3) is 0.619. The van der Waals surface area contributed by atoms with E-state index in [4.69, 9.17) is 9.47 Å². The summed E-state index contributed by atoms with van der Waals surface area (Å²) in [7, 11) is 1.76. The Kier molecular flexibility index (Phi) is 10.6. The first-order valence-electron chi connectivity index (χ1n) is 9.98. The van der Waals surface area contributed by atoms with Crippen molar-refractivity contribution in [1.82, 2.24) is 15.5 Å². The minimum Gasteiger partial charge on any atom is -0.488 e. The number of carbonyl (C=O) groups excluding carboxylic acids is 1. The predicted octanol–water partition coefficient (Wildman–Crippen LogP) is 3.77. The number of para-hydroxylation sites is 1. The lowest BCUT2D eigenvalue weighted by Gasteiger charge is -2.32. The first-order valence-corrected chi connectivity index (χ1v) is 9.98. The molecule has 1 aromatic carbocycles. The lowest BCUT2D eigenvalue weighted by Crippen LogP contribution is -2.49. The van der Waals surface area contributed by atoms with Crippen molar-refractivity contribution < 1.29 is 14.3 Å². The molecule has 0 unspecified atom stereocenters. The molecule has 0 spiro atoms. The number of hydrogen-bond donors (Lipinski definition) is 2. The number of hydrogen-bond acceptors (Lipinski definition) is 4. The van der Waals surface area contributed by atoms with E-state index in [2.05, 4.69) is 21.7 Å². The minimum absolute atomic E-state index is 0. The number of likely N-dealkylation sites (tertiary alicyclic amines) is 1. The van der Waals surface area contributed by atoms with Crippen LogP contribution in [0.2, 0.25) is 0 Å². The summed E-state index contributed by atoms with van der Waals surface area (Å²) < 4.78 is 11.1. The summed E-state index contributed by atoms with van der Waals surface area (Å²) in [6.45, 7) is 10.4. The summed E-state index contributed by atoms with van der Waals surface area (Å²) >= 11 is 0. The van der Waals surface area contributed by atoms with Crippen molar-refractivity contribution in [1.29, 1.82) is 0 Å². The van der Waals surface area contributed by atoms with Gasteiger partial charge in [-0.3, -0.25) is 4.99 Å². The normalized spacial score (nSPS) is 15.3. The first-order chi connectivity index (χ1) is 13.3. The van der Waals surface area contributed by atoms with E-state index in [0.717, 1.165) is 30.1 Å². The van der Waals surface area contributed by atoms with Crippen LogP contribution in [0.5, 0.6) is 5.75 Å². The molecule has 1 aromatic rings. The number of benzene rings is 1. The van der Waals surface area contributed by atoms with Gasteiger partial charge < -0.3 is 25.0 Å². The smallest absolute Gasteiger partial charge is 0.409 e. The van der Waals surface area contributed by atoms with Crippen molar-refractivity contribution >= 4 is 36.0 Å². The Morgan fingerprint density at radius 1 is 1.24 bits per heavy atom. The number of aliphatic imine (C=N–C) groups is 1. The van der Waals surface area contributed by atoms with Gasteiger partial charge in [-0.1, -0.05) is 18.2 Å². The number of rotatable bonds is 5. The zero-order chi connectivity index (χ0) is 20.6. The van der Waals surface area contributed by atoms with Crippen LogP contribution in [0.4, 0.5) is 4.79 Å². The van der Waals surface area contributed by atoms with Crippen molar-refractivity contribution in [2.24, 2.45) is 4.99 Å². The van der Waals surface area contributed by atoms with Crippen LogP contribution < -0.4 is 15.4 Å². The van der Waals surface area contributed by atoms with E-state index < -0.39 is 0 Å². The highest BCUT2D eigenvalue weighted by atomic mass is 127. The second-order valence-corrected chi connectivity index (χ2v) is 7.85. The van der Waals surface area contributed by atoms with Crippen LogP contribution in [0.25, 0.3) is 0 Å². The quantitative estimate of drug-likeness (QED) is 0.353. The standard InChI is InChI=1S/C21H34N4O3.HI/c1-6-27-20(26)25-13-11-17(12-14-25)24-19(22-5)23-15-16-9-7-8-10-18(16)28-21(2,3)4;/h7-10,17H,6,11-15H2,1-5H3,(H2,22,23,24);1H. The molecule has 0 aliphatic carbocycles. The third-order valence-corrected chi connectivity index (χ3v) is 4.42. The molecule has 2 N–H and O–H groups in total. The molecule has 164 valence electrons. The number of halogens is 1. The number of nitrogens with zero attached hydrogens (tertiary/aromatic N) is 2. The second kappa shape index (κ2) is 12.1. The molecule has 1 amide bonds. The van der Waals surface area contributed by atoms with Crippen LogP contribution in [-0.4, -0.2) is 55.3 Å². The first kappa shape index (κ1) is 25.3. The number of guanidine groups is 1. The molecule has 29 heavy (non-hydrogen) atoms. The van der Waals surface area contributed by atoms with Gasteiger partial charge in [0.1, 0.15) is 11.4 Å². The Hall–Kier alpha value is -1.71. The molecule has 2 rings (SSSR count). The summed E-state index contributed by atoms with van der Waals surface area (Å²) in [5.41, 5.74) is 0.834. The van der Waals surface area contributed by atoms with E-state index in [0.29, 0.717) is 26.2 Å². The van der Waals surface area contributed by atoms with Crippen molar-refractivity contribution in [2.45, 2.75) is 58.7 Å². The predicted molar refractivity (Wildman–Crippen MR) is 127 cm³/mol. The molecule has 1 heterocycles.